The Morgan fingerprint density at radius 2 is 2.20 bits per heavy atom. The summed E-state index contributed by atoms with van der Waals surface area (Å²) >= 11 is 1.81. The van der Waals surface area contributed by atoms with Gasteiger partial charge in [0.05, 0.1) is 4.90 Å². The van der Waals surface area contributed by atoms with Crippen molar-refractivity contribution in [2.75, 3.05) is 18.6 Å². The maximum absolute atomic E-state index is 12.4. The van der Waals surface area contributed by atoms with Gasteiger partial charge in [-0.2, -0.15) is 11.8 Å². The van der Waals surface area contributed by atoms with Gasteiger partial charge in [-0.25, -0.2) is 13.1 Å². The Bertz CT molecular complexity index is 540. The van der Waals surface area contributed by atoms with Crippen molar-refractivity contribution in [3.8, 4) is 0 Å². The van der Waals surface area contributed by atoms with Gasteiger partial charge in [0.25, 0.3) is 0 Å². The highest BCUT2D eigenvalue weighted by Crippen LogP contribution is 2.21. The van der Waals surface area contributed by atoms with Crippen LogP contribution in [0.3, 0.4) is 0 Å². The molecule has 1 saturated heterocycles. The molecule has 0 aromatic heterocycles. The smallest absolute Gasteiger partial charge is 0.240 e. The van der Waals surface area contributed by atoms with Crippen LogP contribution in [0, 0.1) is 0 Å². The molecule has 2 N–H and O–H groups in total. The highest BCUT2D eigenvalue weighted by molar-refractivity contribution is 7.99. The van der Waals surface area contributed by atoms with Crippen molar-refractivity contribution in [2.45, 2.75) is 36.7 Å². The second kappa shape index (κ2) is 6.93. The molecule has 0 aliphatic carbocycles. The van der Waals surface area contributed by atoms with Gasteiger partial charge in [0.2, 0.25) is 10.0 Å². The summed E-state index contributed by atoms with van der Waals surface area (Å²) in [4.78, 5) is 0.354. The van der Waals surface area contributed by atoms with Crippen LogP contribution in [-0.2, 0) is 10.0 Å². The molecule has 4 nitrogen and oxygen atoms in total. The van der Waals surface area contributed by atoms with E-state index in [0.29, 0.717) is 4.90 Å². The molecule has 6 heteroatoms. The van der Waals surface area contributed by atoms with Gasteiger partial charge in [0.1, 0.15) is 0 Å². The maximum Gasteiger partial charge on any atom is 0.240 e. The van der Waals surface area contributed by atoms with Crippen LogP contribution >= 0.6 is 11.8 Å². The number of benzene rings is 1. The minimum atomic E-state index is -3.42. The molecule has 0 amide bonds. The lowest BCUT2D eigenvalue weighted by Crippen LogP contribution is -2.38. The first-order valence-corrected chi connectivity index (χ1v) is 9.54. The van der Waals surface area contributed by atoms with Gasteiger partial charge in [-0.1, -0.05) is 12.1 Å². The lowest BCUT2D eigenvalue weighted by molar-refractivity contribution is 0.542. The molecule has 0 saturated carbocycles. The number of rotatable bonds is 5. The number of hydrogen-bond donors (Lipinski definition) is 2. The van der Waals surface area contributed by atoms with Crippen LogP contribution < -0.4 is 10.0 Å². The van der Waals surface area contributed by atoms with E-state index >= 15 is 0 Å². The Balaban J connectivity index is 2.16. The number of nitrogens with one attached hydrogen (secondary N) is 2. The Morgan fingerprint density at radius 3 is 2.85 bits per heavy atom. The van der Waals surface area contributed by atoms with Gasteiger partial charge in [-0.05, 0) is 50.3 Å². The molecular formula is C14H22N2O2S2. The third-order valence-electron chi connectivity index (χ3n) is 3.58. The van der Waals surface area contributed by atoms with Gasteiger partial charge in [0.15, 0.2) is 0 Å². The molecule has 0 bridgehead atoms. The van der Waals surface area contributed by atoms with E-state index in [1.165, 1.54) is 0 Å². The van der Waals surface area contributed by atoms with Gasteiger partial charge in [-0.3, -0.25) is 0 Å². The van der Waals surface area contributed by atoms with Crippen LogP contribution in [0.25, 0.3) is 0 Å². The summed E-state index contributed by atoms with van der Waals surface area (Å²) in [6.45, 7) is 2.01. The average Bonchev–Trinajstić information content (AvgIpc) is 2.47. The van der Waals surface area contributed by atoms with Crippen molar-refractivity contribution in [3.63, 3.8) is 0 Å². The lowest BCUT2D eigenvalue weighted by Gasteiger charge is -2.22. The molecule has 1 aliphatic rings. The van der Waals surface area contributed by atoms with E-state index in [9.17, 15) is 8.42 Å². The second-order valence-corrected chi connectivity index (χ2v) is 7.98. The summed E-state index contributed by atoms with van der Waals surface area (Å²) in [5.41, 5.74) is 0.980. The predicted octanol–water partition coefficient (Wildman–Crippen LogP) is 2.14. The molecule has 2 unspecified atom stereocenters. The van der Waals surface area contributed by atoms with Crippen molar-refractivity contribution < 1.29 is 8.42 Å². The Labute approximate surface area is 125 Å². The summed E-state index contributed by atoms with van der Waals surface area (Å²) in [7, 11) is -1.55. The maximum atomic E-state index is 12.4. The average molecular weight is 314 g/mol. The third-order valence-corrected chi connectivity index (χ3v) is 6.32. The topological polar surface area (TPSA) is 58.2 Å². The van der Waals surface area contributed by atoms with Crippen molar-refractivity contribution in [2.24, 2.45) is 0 Å². The molecule has 1 aromatic carbocycles. The number of sulfonamides is 1. The fourth-order valence-corrected chi connectivity index (χ4v) is 4.74. The molecule has 2 atom stereocenters. The van der Waals surface area contributed by atoms with E-state index in [4.69, 9.17) is 0 Å². The van der Waals surface area contributed by atoms with Crippen LogP contribution in [0.4, 0.5) is 0 Å². The minimum Gasteiger partial charge on any atom is -0.313 e. The first kappa shape index (κ1) is 15.8. The van der Waals surface area contributed by atoms with Crippen molar-refractivity contribution >= 4 is 21.8 Å². The predicted molar refractivity (Wildman–Crippen MR) is 84.6 cm³/mol. The highest BCUT2D eigenvalue weighted by Gasteiger charge is 2.22. The zero-order chi connectivity index (χ0) is 14.6. The largest absolute Gasteiger partial charge is 0.313 e. The fraction of sp³-hybridized carbons (Fsp3) is 0.571. The zero-order valence-corrected chi connectivity index (χ0v) is 13.6. The molecule has 1 aromatic rings. The summed E-state index contributed by atoms with van der Waals surface area (Å²) in [6, 6.07) is 7.34. The third kappa shape index (κ3) is 3.97. The number of hydrogen-bond acceptors (Lipinski definition) is 4. The van der Waals surface area contributed by atoms with Crippen LogP contribution in [0.2, 0.25) is 0 Å². The quantitative estimate of drug-likeness (QED) is 0.874. The molecule has 1 heterocycles. The van der Waals surface area contributed by atoms with Gasteiger partial charge < -0.3 is 5.32 Å². The molecule has 0 radical (unpaired) electrons. The molecule has 1 aliphatic heterocycles. The Morgan fingerprint density at radius 1 is 1.40 bits per heavy atom. The van der Waals surface area contributed by atoms with E-state index in [1.54, 1.807) is 18.2 Å². The highest BCUT2D eigenvalue weighted by atomic mass is 32.2. The molecule has 1 fully saturated rings. The summed E-state index contributed by atoms with van der Waals surface area (Å²) < 4.78 is 27.7. The van der Waals surface area contributed by atoms with E-state index < -0.39 is 10.0 Å². The van der Waals surface area contributed by atoms with Crippen molar-refractivity contribution in [1.29, 1.82) is 0 Å². The summed E-state index contributed by atoms with van der Waals surface area (Å²) in [5.74, 6) is 2.00. The zero-order valence-electron chi connectivity index (χ0n) is 11.9. The second-order valence-electron chi connectivity index (χ2n) is 5.12. The molecule has 0 spiro atoms. The van der Waals surface area contributed by atoms with Gasteiger partial charge in [0, 0.05) is 17.8 Å². The van der Waals surface area contributed by atoms with Crippen LogP contribution in [-0.4, -0.2) is 33.0 Å². The van der Waals surface area contributed by atoms with E-state index in [-0.39, 0.29) is 12.1 Å². The monoisotopic (exact) mass is 314 g/mol. The molecular weight excluding hydrogens is 292 g/mol. The summed E-state index contributed by atoms with van der Waals surface area (Å²) in [5, 5.41) is 3.12. The lowest BCUT2D eigenvalue weighted by atomic mass is 10.1. The molecule has 2 rings (SSSR count). The summed E-state index contributed by atoms with van der Waals surface area (Å²) in [6.07, 6.45) is 2.01. The molecule has 20 heavy (non-hydrogen) atoms. The fourth-order valence-electron chi connectivity index (χ4n) is 2.24. The molecule has 112 valence electrons. The van der Waals surface area contributed by atoms with Crippen LogP contribution in [0.1, 0.15) is 31.4 Å². The van der Waals surface area contributed by atoms with Crippen molar-refractivity contribution in [1.82, 2.24) is 10.0 Å². The minimum absolute atomic E-state index is 0.0594. The standard InChI is InChI=1S/C14H22N2O2S2/c1-11(15-2)12-5-3-7-14(9-12)20(17,18)16-13-6-4-8-19-10-13/h3,5,7,9,11,13,15-16H,4,6,8,10H2,1-2H3. The first-order valence-electron chi connectivity index (χ1n) is 6.90. The van der Waals surface area contributed by atoms with Crippen molar-refractivity contribution in [3.05, 3.63) is 29.8 Å². The Hall–Kier alpha value is -0.560. The first-order chi connectivity index (χ1) is 9.53. The van der Waals surface area contributed by atoms with E-state index in [1.807, 2.05) is 31.8 Å². The normalized spacial score (nSPS) is 21.6. The Kier molecular flexibility index (Phi) is 5.49. The van der Waals surface area contributed by atoms with Crippen LogP contribution in [0.5, 0.6) is 0 Å². The van der Waals surface area contributed by atoms with E-state index in [0.717, 1.165) is 29.9 Å². The number of thioether (sulfide) groups is 1. The van der Waals surface area contributed by atoms with Crippen LogP contribution in [0.15, 0.2) is 29.2 Å². The van der Waals surface area contributed by atoms with Gasteiger partial charge >= 0.3 is 0 Å². The van der Waals surface area contributed by atoms with Gasteiger partial charge in [-0.15, -0.1) is 0 Å². The SMILES string of the molecule is CNC(C)c1cccc(S(=O)(=O)NC2CCCSC2)c1. The van der Waals surface area contributed by atoms with E-state index in [2.05, 4.69) is 10.0 Å².